The molecule has 0 atom stereocenters. The van der Waals surface area contributed by atoms with Crippen LogP contribution in [-0.4, -0.2) is 29.9 Å². The van der Waals surface area contributed by atoms with Gasteiger partial charge in [-0.3, -0.25) is 0 Å². The molecule has 2 aliphatic rings. The van der Waals surface area contributed by atoms with E-state index < -0.39 is 0 Å². The number of fused-ring (bicyclic) bond motifs is 2. The molecule has 5 nitrogen and oxygen atoms in total. The lowest BCUT2D eigenvalue weighted by Gasteiger charge is -2.43. The molecule has 2 aromatic rings. The summed E-state index contributed by atoms with van der Waals surface area (Å²) >= 11 is 3.32. The lowest BCUT2D eigenvalue weighted by Crippen LogP contribution is -2.46. The summed E-state index contributed by atoms with van der Waals surface area (Å²) in [6.07, 6.45) is 3.08. The summed E-state index contributed by atoms with van der Waals surface area (Å²) in [6.45, 7) is 2.74. The second-order valence-electron chi connectivity index (χ2n) is 5.26. The molecule has 0 radical (unpaired) electrons. The van der Waals surface area contributed by atoms with Crippen LogP contribution in [0.1, 0.15) is 23.3 Å². The Bertz CT molecular complexity index is 615. The van der Waals surface area contributed by atoms with E-state index in [1.54, 1.807) is 0 Å². The van der Waals surface area contributed by atoms with Crippen molar-refractivity contribution in [2.75, 3.05) is 30.3 Å². The van der Waals surface area contributed by atoms with Gasteiger partial charge in [-0.25, -0.2) is 0 Å². The molecule has 1 saturated heterocycles. The molecule has 4 rings (SSSR count). The zero-order valence-electron chi connectivity index (χ0n) is 11.0. The number of anilines is 2. The summed E-state index contributed by atoms with van der Waals surface area (Å²) in [5.41, 5.74) is 7.02. The molecule has 0 unspecified atom stereocenters. The third-order valence-electron chi connectivity index (χ3n) is 4.22. The van der Waals surface area contributed by atoms with Crippen LogP contribution >= 0.6 is 22.7 Å². The topological polar surface area (TPSA) is 64.3 Å². The fourth-order valence-corrected chi connectivity index (χ4v) is 4.80. The van der Waals surface area contributed by atoms with Crippen molar-refractivity contribution in [3.05, 3.63) is 21.9 Å². The molecule has 2 N–H and O–H groups in total. The van der Waals surface area contributed by atoms with Crippen LogP contribution in [0.3, 0.4) is 0 Å². The Kier molecular flexibility index (Phi) is 2.94. The highest BCUT2D eigenvalue weighted by atomic mass is 32.1. The van der Waals surface area contributed by atoms with Gasteiger partial charge in [-0.2, -0.15) is 0 Å². The molecule has 20 heavy (non-hydrogen) atoms. The van der Waals surface area contributed by atoms with Crippen molar-refractivity contribution in [1.82, 2.24) is 10.2 Å². The number of rotatable bonds is 1. The van der Waals surface area contributed by atoms with Crippen molar-refractivity contribution in [3.63, 3.8) is 0 Å². The molecule has 106 valence electrons. The third kappa shape index (κ3) is 1.92. The Morgan fingerprint density at radius 2 is 2.15 bits per heavy atom. The Balaban J connectivity index is 1.56. The summed E-state index contributed by atoms with van der Waals surface area (Å²) < 4.78 is 6.20. The van der Waals surface area contributed by atoms with Crippen molar-refractivity contribution in [2.45, 2.75) is 24.9 Å². The molecule has 1 fully saturated rings. The van der Waals surface area contributed by atoms with Gasteiger partial charge in [0.15, 0.2) is 0 Å². The zero-order valence-corrected chi connectivity index (χ0v) is 12.7. The van der Waals surface area contributed by atoms with Gasteiger partial charge in [-0.1, -0.05) is 11.3 Å². The molecule has 0 aliphatic carbocycles. The van der Waals surface area contributed by atoms with E-state index in [0.29, 0.717) is 5.13 Å². The first-order valence-corrected chi connectivity index (χ1v) is 8.51. The van der Waals surface area contributed by atoms with E-state index in [-0.39, 0.29) is 5.60 Å². The van der Waals surface area contributed by atoms with Crippen molar-refractivity contribution in [2.24, 2.45) is 0 Å². The Hall–Kier alpha value is -1.18. The Labute approximate surface area is 125 Å². The predicted octanol–water partition coefficient (Wildman–Crippen LogP) is 2.25. The van der Waals surface area contributed by atoms with Gasteiger partial charge in [-0.05, 0) is 29.9 Å². The minimum absolute atomic E-state index is 0.0691. The smallest absolute Gasteiger partial charge is 0.209 e. The first kappa shape index (κ1) is 12.6. The van der Waals surface area contributed by atoms with Gasteiger partial charge in [-0.15, -0.1) is 21.5 Å². The fraction of sp³-hybridized carbons (Fsp3) is 0.538. The first-order chi connectivity index (χ1) is 9.77. The Morgan fingerprint density at radius 3 is 2.90 bits per heavy atom. The van der Waals surface area contributed by atoms with E-state index in [0.717, 1.165) is 44.1 Å². The van der Waals surface area contributed by atoms with E-state index in [4.69, 9.17) is 10.5 Å². The summed E-state index contributed by atoms with van der Waals surface area (Å²) in [5, 5.41) is 11.7. The molecule has 4 heterocycles. The van der Waals surface area contributed by atoms with Crippen LogP contribution in [0, 0.1) is 0 Å². The largest absolute Gasteiger partial charge is 0.374 e. The van der Waals surface area contributed by atoms with Gasteiger partial charge in [0.25, 0.3) is 0 Å². The molecule has 0 bridgehead atoms. The van der Waals surface area contributed by atoms with Crippen LogP contribution in [-0.2, 0) is 16.8 Å². The standard InChI is InChI=1S/C13H16N4OS2/c14-11-15-16-12(20-11)17-5-3-13(4-6-17)9-2-8-19-10(9)1-7-18-13/h2,8H,1,3-7H2,(H2,14,15). The number of ether oxygens (including phenoxy) is 1. The van der Waals surface area contributed by atoms with Crippen molar-refractivity contribution in [3.8, 4) is 0 Å². The molecule has 7 heteroatoms. The number of thiophene rings is 1. The molecular weight excluding hydrogens is 292 g/mol. The highest BCUT2D eigenvalue weighted by Gasteiger charge is 2.41. The second-order valence-corrected chi connectivity index (χ2v) is 7.25. The molecule has 2 aromatic heterocycles. The normalized spacial score (nSPS) is 21.1. The molecular formula is C13H16N4OS2. The molecule has 0 saturated carbocycles. The number of hydrogen-bond donors (Lipinski definition) is 1. The molecule has 2 aliphatic heterocycles. The van der Waals surface area contributed by atoms with Gasteiger partial charge in [0.2, 0.25) is 10.3 Å². The summed E-state index contributed by atoms with van der Waals surface area (Å²) in [4.78, 5) is 3.77. The molecule has 0 amide bonds. The van der Waals surface area contributed by atoms with E-state index >= 15 is 0 Å². The second kappa shape index (κ2) is 4.68. The highest BCUT2D eigenvalue weighted by Crippen LogP contribution is 2.44. The van der Waals surface area contributed by atoms with Gasteiger partial charge in [0.1, 0.15) is 0 Å². The average molecular weight is 308 g/mol. The zero-order chi connectivity index (χ0) is 13.6. The van der Waals surface area contributed by atoms with Crippen LogP contribution < -0.4 is 10.6 Å². The lowest BCUT2D eigenvalue weighted by molar-refractivity contribution is -0.0756. The Morgan fingerprint density at radius 1 is 1.30 bits per heavy atom. The van der Waals surface area contributed by atoms with Crippen LogP contribution in [0.15, 0.2) is 11.4 Å². The maximum Gasteiger partial charge on any atom is 0.209 e. The van der Waals surface area contributed by atoms with Crippen molar-refractivity contribution >= 4 is 32.9 Å². The lowest BCUT2D eigenvalue weighted by atomic mass is 9.82. The highest BCUT2D eigenvalue weighted by molar-refractivity contribution is 7.18. The van der Waals surface area contributed by atoms with E-state index in [9.17, 15) is 0 Å². The number of aromatic nitrogens is 2. The van der Waals surface area contributed by atoms with Crippen LogP contribution in [0.5, 0.6) is 0 Å². The van der Waals surface area contributed by atoms with E-state index in [1.165, 1.54) is 21.8 Å². The number of nitrogen functional groups attached to an aromatic ring is 1. The maximum absolute atomic E-state index is 6.20. The van der Waals surface area contributed by atoms with Gasteiger partial charge in [0, 0.05) is 24.4 Å². The van der Waals surface area contributed by atoms with Crippen molar-refractivity contribution < 1.29 is 4.74 Å². The summed E-state index contributed by atoms with van der Waals surface area (Å²) in [7, 11) is 0. The number of nitrogens with two attached hydrogens (primary N) is 1. The monoisotopic (exact) mass is 308 g/mol. The average Bonchev–Trinajstić information content (AvgIpc) is 3.09. The minimum atomic E-state index is -0.0691. The minimum Gasteiger partial charge on any atom is -0.374 e. The van der Waals surface area contributed by atoms with Crippen LogP contribution in [0.2, 0.25) is 0 Å². The third-order valence-corrected chi connectivity index (χ3v) is 6.01. The molecule has 1 spiro atoms. The van der Waals surface area contributed by atoms with Gasteiger partial charge < -0.3 is 15.4 Å². The van der Waals surface area contributed by atoms with E-state index in [2.05, 4.69) is 26.5 Å². The van der Waals surface area contributed by atoms with Crippen LogP contribution in [0.25, 0.3) is 0 Å². The quantitative estimate of drug-likeness (QED) is 0.875. The predicted molar refractivity (Wildman–Crippen MR) is 81.4 cm³/mol. The number of nitrogens with zero attached hydrogens (tertiary/aromatic N) is 3. The van der Waals surface area contributed by atoms with Gasteiger partial charge in [0.05, 0.1) is 12.2 Å². The van der Waals surface area contributed by atoms with E-state index in [1.807, 2.05) is 11.3 Å². The SMILES string of the molecule is Nc1nnc(N2CCC3(CC2)OCCc2sccc23)s1. The maximum atomic E-state index is 6.20. The fourth-order valence-electron chi connectivity index (χ4n) is 3.18. The molecule has 0 aromatic carbocycles. The first-order valence-electron chi connectivity index (χ1n) is 6.82. The van der Waals surface area contributed by atoms with Crippen molar-refractivity contribution in [1.29, 1.82) is 0 Å². The number of hydrogen-bond acceptors (Lipinski definition) is 7. The summed E-state index contributed by atoms with van der Waals surface area (Å²) in [5.74, 6) is 0. The van der Waals surface area contributed by atoms with Crippen LogP contribution in [0.4, 0.5) is 10.3 Å². The van der Waals surface area contributed by atoms with Gasteiger partial charge >= 0.3 is 0 Å². The number of piperidine rings is 1. The summed E-state index contributed by atoms with van der Waals surface area (Å²) in [6, 6.07) is 2.25.